The quantitative estimate of drug-likeness (QED) is 0.489. The van der Waals surface area contributed by atoms with E-state index < -0.39 is 5.60 Å². The van der Waals surface area contributed by atoms with Crippen LogP contribution in [0.2, 0.25) is 0 Å². The summed E-state index contributed by atoms with van der Waals surface area (Å²) < 4.78 is 0. The Labute approximate surface area is 183 Å². The molecule has 4 atom stereocenters. The molecule has 0 aromatic heterocycles. The van der Waals surface area contributed by atoms with Gasteiger partial charge in [-0.2, -0.15) is 0 Å². The highest BCUT2D eigenvalue weighted by Gasteiger charge is 2.48. The molecule has 2 heteroatoms. The molecule has 4 aliphatic rings. The number of rotatable bonds is 5. The Hall–Kier alpha value is -1.12. The van der Waals surface area contributed by atoms with Crippen LogP contribution in [0.4, 0.5) is 0 Å². The average Bonchev–Trinajstić information content (AvgIpc) is 3.30. The van der Waals surface area contributed by atoms with Crippen LogP contribution >= 0.6 is 0 Å². The van der Waals surface area contributed by atoms with Crippen molar-refractivity contribution in [1.29, 1.82) is 0 Å². The fourth-order valence-corrected chi connectivity index (χ4v) is 6.97. The van der Waals surface area contributed by atoms with Crippen LogP contribution in [0.15, 0.2) is 47.6 Å². The molecular formula is C28H42O2. The van der Waals surface area contributed by atoms with Gasteiger partial charge in [-0.1, -0.05) is 56.2 Å². The standard InChI is InChI=1S/C28H42O2/c1-21-22(9-7-12-26(21)29)13-14-23-10-8-17-27(2)24(15-16-25(23)27)11-3-4-18-28(30)19-5-6-20-28/h3-4,13-14,24-26,29-30H,1,5-12,15-20H2,2H3/b4-3+,22-13-,23-14+. The van der Waals surface area contributed by atoms with Crippen molar-refractivity contribution in [2.24, 2.45) is 17.3 Å². The molecular weight excluding hydrogens is 368 g/mol. The second-order valence-corrected chi connectivity index (χ2v) is 10.9. The van der Waals surface area contributed by atoms with Crippen molar-refractivity contribution in [3.8, 4) is 0 Å². The van der Waals surface area contributed by atoms with Gasteiger partial charge in [0.2, 0.25) is 0 Å². The van der Waals surface area contributed by atoms with Gasteiger partial charge in [0.05, 0.1) is 11.7 Å². The first kappa shape index (κ1) is 22.1. The summed E-state index contributed by atoms with van der Waals surface area (Å²) in [6.07, 6.45) is 24.8. The Bertz CT molecular complexity index is 721. The Morgan fingerprint density at radius 3 is 2.57 bits per heavy atom. The largest absolute Gasteiger partial charge is 0.390 e. The number of allylic oxidation sites excluding steroid dienone is 4. The highest BCUT2D eigenvalue weighted by Crippen LogP contribution is 2.58. The van der Waals surface area contributed by atoms with Crippen LogP contribution in [-0.4, -0.2) is 21.9 Å². The SMILES string of the molecule is C=C1/C(=C\C=C2/CCCC3(C)C(C/C=C/CC4(O)CCCC4)CCC23)CCCC1O. The normalized spacial score (nSPS) is 39.3. The minimum atomic E-state index is -0.413. The van der Waals surface area contributed by atoms with Gasteiger partial charge >= 0.3 is 0 Å². The third kappa shape index (κ3) is 4.55. The van der Waals surface area contributed by atoms with Crippen LogP contribution < -0.4 is 0 Å². The fraction of sp³-hybridized carbons (Fsp3) is 0.714. The van der Waals surface area contributed by atoms with Gasteiger partial charge in [-0.25, -0.2) is 0 Å². The van der Waals surface area contributed by atoms with E-state index in [-0.39, 0.29) is 6.10 Å². The lowest BCUT2D eigenvalue weighted by atomic mass is 9.63. The van der Waals surface area contributed by atoms with Gasteiger partial charge in [0.1, 0.15) is 0 Å². The van der Waals surface area contributed by atoms with Crippen LogP contribution in [0.1, 0.15) is 96.8 Å². The van der Waals surface area contributed by atoms with E-state index in [1.807, 2.05) is 0 Å². The maximum Gasteiger partial charge on any atom is 0.0787 e. The first-order valence-corrected chi connectivity index (χ1v) is 12.6. The molecule has 0 heterocycles. The predicted octanol–water partition coefficient (Wildman–Crippen LogP) is 6.80. The van der Waals surface area contributed by atoms with E-state index >= 15 is 0 Å². The summed E-state index contributed by atoms with van der Waals surface area (Å²) in [4.78, 5) is 0. The molecule has 4 unspecified atom stereocenters. The topological polar surface area (TPSA) is 40.5 Å². The summed E-state index contributed by atoms with van der Waals surface area (Å²) in [6.45, 7) is 6.67. The van der Waals surface area contributed by atoms with Gasteiger partial charge in [-0.15, -0.1) is 0 Å². The van der Waals surface area contributed by atoms with Gasteiger partial charge < -0.3 is 10.2 Å². The minimum Gasteiger partial charge on any atom is -0.390 e. The molecule has 0 radical (unpaired) electrons. The van der Waals surface area contributed by atoms with Crippen molar-refractivity contribution in [3.63, 3.8) is 0 Å². The second-order valence-electron chi connectivity index (χ2n) is 10.9. The second kappa shape index (κ2) is 9.17. The van der Waals surface area contributed by atoms with E-state index in [2.05, 4.69) is 37.8 Å². The van der Waals surface area contributed by atoms with Crippen molar-refractivity contribution in [2.75, 3.05) is 0 Å². The summed E-state index contributed by atoms with van der Waals surface area (Å²) in [7, 11) is 0. The van der Waals surface area contributed by atoms with Crippen molar-refractivity contribution in [1.82, 2.24) is 0 Å². The molecule has 4 rings (SSSR count). The van der Waals surface area contributed by atoms with Crippen LogP contribution in [0.5, 0.6) is 0 Å². The lowest BCUT2D eigenvalue weighted by Gasteiger charge is -2.42. The molecule has 4 aliphatic carbocycles. The number of aliphatic hydroxyl groups is 2. The predicted molar refractivity (Wildman–Crippen MR) is 125 cm³/mol. The zero-order valence-electron chi connectivity index (χ0n) is 19.0. The van der Waals surface area contributed by atoms with E-state index in [9.17, 15) is 10.2 Å². The Morgan fingerprint density at radius 1 is 0.967 bits per heavy atom. The summed E-state index contributed by atoms with van der Waals surface area (Å²) in [5.74, 6) is 1.47. The van der Waals surface area contributed by atoms with Gasteiger partial charge in [0, 0.05) is 0 Å². The van der Waals surface area contributed by atoms with E-state index in [1.54, 1.807) is 5.57 Å². The molecule has 0 aliphatic heterocycles. The first-order chi connectivity index (χ1) is 14.4. The summed E-state index contributed by atoms with van der Waals surface area (Å²) in [6, 6.07) is 0. The van der Waals surface area contributed by atoms with Gasteiger partial charge in [0.25, 0.3) is 0 Å². The van der Waals surface area contributed by atoms with Crippen LogP contribution in [0, 0.1) is 17.3 Å². The summed E-state index contributed by atoms with van der Waals surface area (Å²) >= 11 is 0. The third-order valence-electron chi connectivity index (χ3n) is 9.02. The molecule has 166 valence electrons. The van der Waals surface area contributed by atoms with E-state index in [0.29, 0.717) is 11.3 Å². The minimum absolute atomic E-state index is 0.343. The molecule has 0 aromatic carbocycles. The maximum absolute atomic E-state index is 10.6. The van der Waals surface area contributed by atoms with Crippen molar-refractivity contribution < 1.29 is 10.2 Å². The van der Waals surface area contributed by atoms with Crippen molar-refractivity contribution >= 4 is 0 Å². The molecule has 30 heavy (non-hydrogen) atoms. The molecule has 4 saturated carbocycles. The zero-order valence-corrected chi connectivity index (χ0v) is 19.0. The lowest BCUT2D eigenvalue weighted by Crippen LogP contribution is -2.33. The highest BCUT2D eigenvalue weighted by atomic mass is 16.3. The third-order valence-corrected chi connectivity index (χ3v) is 9.02. The highest BCUT2D eigenvalue weighted by molar-refractivity contribution is 5.37. The molecule has 4 fully saturated rings. The van der Waals surface area contributed by atoms with Crippen molar-refractivity contribution in [3.05, 3.63) is 47.6 Å². The molecule has 0 bridgehead atoms. The monoisotopic (exact) mass is 410 g/mol. The molecule has 0 amide bonds. The molecule has 0 saturated heterocycles. The summed E-state index contributed by atoms with van der Waals surface area (Å²) in [5, 5.41) is 20.7. The molecule has 2 nitrogen and oxygen atoms in total. The smallest absolute Gasteiger partial charge is 0.0787 e. The Morgan fingerprint density at radius 2 is 1.77 bits per heavy atom. The van der Waals surface area contributed by atoms with E-state index in [1.165, 1.54) is 56.9 Å². The summed E-state index contributed by atoms with van der Waals surface area (Å²) in [5.41, 5.74) is 3.84. The van der Waals surface area contributed by atoms with E-state index in [0.717, 1.165) is 50.0 Å². The maximum atomic E-state index is 10.6. The van der Waals surface area contributed by atoms with Gasteiger partial charge in [-0.05, 0) is 105 Å². The zero-order chi connectivity index (χ0) is 21.2. The van der Waals surface area contributed by atoms with Crippen LogP contribution in [0.3, 0.4) is 0 Å². The molecule has 0 spiro atoms. The Balaban J connectivity index is 1.39. The number of hydrogen-bond donors (Lipinski definition) is 2. The van der Waals surface area contributed by atoms with Gasteiger partial charge in [-0.3, -0.25) is 0 Å². The molecule has 0 aromatic rings. The van der Waals surface area contributed by atoms with Crippen LogP contribution in [0.25, 0.3) is 0 Å². The van der Waals surface area contributed by atoms with E-state index in [4.69, 9.17) is 0 Å². The number of fused-ring (bicyclic) bond motifs is 1. The van der Waals surface area contributed by atoms with Crippen molar-refractivity contribution in [2.45, 2.75) is 109 Å². The van der Waals surface area contributed by atoms with Crippen LogP contribution in [-0.2, 0) is 0 Å². The average molecular weight is 411 g/mol. The number of aliphatic hydroxyl groups excluding tert-OH is 1. The first-order valence-electron chi connectivity index (χ1n) is 12.6. The Kier molecular flexibility index (Phi) is 6.75. The number of hydrogen-bond acceptors (Lipinski definition) is 2. The van der Waals surface area contributed by atoms with Gasteiger partial charge in [0.15, 0.2) is 0 Å². The lowest BCUT2D eigenvalue weighted by molar-refractivity contribution is 0.0508. The molecule has 2 N–H and O–H groups in total. The fourth-order valence-electron chi connectivity index (χ4n) is 6.97.